The lowest BCUT2D eigenvalue weighted by atomic mass is 9.80. The van der Waals surface area contributed by atoms with Crippen LogP contribution in [0, 0.1) is 0 Å². The zero-order valence-electron chi connectivity index (χ0n) is 13.6. The van der Waals surface area contributed by atoms with Crippen LogP contribution in [0.1, 0.15) is 32.6 Å². The van der Waals surface area contributed by atoms with Crippen LogP contribution in [0.25, 0.3) is 10.1 Å². The van der Waals surface area contributed by atoms with E-state index in [-0.39, 0.29) is 5.78 Å². The summed E-state index contributed by atoms with van der Waals surface area (Å²) in [6, 6.07) is 23.4. The molecule has 0 radical (unpaired) electrons. The molecule has 0 amide bonds. The third kappa shape index (κ3) is 2.61. The number of carbonyl (C=O) groups excluding carboxylic acids is 1. The first-order chi connectivity index (χ1) is 12.2. The second-order valence-electron chi connectivity index (χ2n) is 5.84. The Kier molecular flexibility index (Phi) is 4.02. The van der Waals surface area contributed by atoms with Gasteiger partial charge in [0.1, 0.15) is 5.75 Å². The molecule has 1 aliphatic carbocycles. The highest BCUT2D eigenvalue weighted by molar-refractivity contribution is 9.15. The molecule has 0 fully saturated rings. The Hall–Kier alpha value is -2.65. The topological polar surface area (TPSA) is 26.3 Å². The van der Waals surface area contributed by atoms with Gasteiger partial charge in [0.15, 0.2) is 5.78 Å². The maximum Gasteiger partial charge on any atom is 0.194 e. The quantitative estimate of drug-likeness (QED) is 0.448. The number of methoxy groups -OCH3 is 1. The molecule has 25 heavy (non-hydrogen) atoms. The summed E-state index contributed by atoms with van der Waals surface area (Å²) in [4.78, 5) is 12.8. The standard InChI is InChI=1S/C22H15BrO2/c1-25-15-12-10-14(11-13-15)21(23)20-16-6-2-4-8-18(16)22(24)19-9-5-3-7-17(19)20/h2-13H,1H3. The number of carbonyl (C=O) groups is 1. The van der Waals surface area contributed by atoms with E-state index in [2.05, 4.69) is 15.9 Å². The Balaban J connectivity index is 2.00. The fraction of sp³-hybridized carbons (Fsp3) is 0.0455. The molecule has 0 saturated carbocycles. The molecule has 0 aromatic heterocycles. The Labute approximate surface area is 154 Å². The number of ether oxygens (including phenoxy) is 1. The lowest BCUT2D eigenvalue weighted by molar-refractivity contribution is 0.103. The molecular weight excluding hydrogens is 376 g/mol. The summed E-state index contributed by atoms with van der Waals surface area (Å²) in [5.74, 6) is 0.888. The number of benzene rings is 3. The zero-order chi connectivity index (χ0) is 17.4. The minimum Gasteiger partial charge on any atom is -0.497 e. The molecule has 2 nitrogen and oxygen atoms in total. The fourth-order valence-electron chi connectivity index (χ4n) is 3.21. The molecule has 1 aliphatic rings. The average Bonchev–Trinajstić information content (AvgIpc) is 2.68. The van der Waals surface area contributed by atoms with Crippen molar-refractivity contribution in [2.75, 3.05) is 7.11 Å². The molecular formula is C22H15BrO2. The molecule has 4 rings (SSSR count). The number of hydrogen-bond donors (Lipinski definition) is 0. The van der Waals surface area contributed by atoms with Gasteiger partial charge in [0, 0.05) is 21.2 Å². The highest BCUT2D eigenvalue weighted by Gasteiger charge is 2.28. The van der Waals surface area contributed by atoms with Crippen LogP contribution in [-0.2, 0) is 0 Å². The molecule has 3 aromatic carbocycles. The molecule has 3 aromatic rings. The lowest BCUT2D eigenvalue weighted by Crippen LogP contribution is -2.14. The van der Waals surface area contributed by atoms with Gasteiger partial charge in [-0.2, -0.15) is 0 Å². The van der Waals surface area contributed by atoms with Gasteiger partial charge in [0.05, 0.1) is 7.11 Å². The third-order valence-corrected chi connectivity index (χ3v) is 5.30. The zero-order valence-corrected chi connectivity index (χ0v) is 15.2. The summed E-state index contributed by atoms with van der Waals surface area (Å²) >= 11 is 3.78. The number of hydrogen-bond acceptors (Lipinski definition) is 2. The van der Waals surface area contributed by atoms with E-state index in [0.29, 0.717) is 0 Å². The Morgan fingerprint density at radius 1 is 0.760 bits per heavy atom. The Morgan fingerprint density at radius 2 is 1.24 bits per heavy atom. The van der Waals surface area contributed by atoms with Crippen LogP contribution in [0.4, 0.5) is 0 Å². The van der Waals surface area contributed by atoms with E-state index in [9.17, 15) is 4.79 Å². The van der Waals surface area contributed by atoms with E-state index in [4.69, 9.17) is 4.74 Å². The van der Waals surface area contributed by atoms with Gasteiger partial charge in [0.25, 0.3) is 0 Å². The monoisotopic (exact) mass is 390 g/mol. The number of ketones is 1. The van der Waals surface area contributed by atoms with Crippen molar-refractivity contribution in [2.24, 2.45) is 0 Å². The minimum atomic E-state index is 0.0741. The summed E-state index contributed by atoms with van der Waals surface area (Å²) in [5, 5.41) is 0. The predicted molar refractivity (Wildman–Crippen MR) is 104 cm³/mol. The molecule has 0 atom stereocenters. The normalized spacial score (nSPS) is 12.4. The lowest BCUT2D eigenvalue weighted by Gasteiger charge is -2.23. The molecule has 0 saturated heterocycles. The van der Waals surface area contributed by atoms with Crippen molar-refractivity contribution in [3.63, 3.8) is 0 Å². The van der Waals surface area contributed by atoms with Crippen molar-refractivity contribution < 1.29 is 9.53 Å². The predicted octanol–water partition coefficient (Wildman–Crippen LogP) is 5.55. The molecule has 0 N–H and O–H groups in total. The minimum absolute atomic E-state index is 0.0741. The van der Waals surface area contributed by atoms with Crippen LogP contribution in [0.15, 0.2) is 72.8 Å². The number of rotatable bonds is 2. The SMILES string of the molecule is COc1ccc(C(Br)=C2c3ccccc3C(=O)c3ccccc32)cc1. The van der Waals surface area contributed by atoms with E-state index in [1.165, 1.54) is 0 Å². The van der Waals surface area contributed by atoms with Crippen molar-refractivity contribution in [2.45, 2.75) is 0 Å². The highest BCUT2D eigenvalue weighted by atomic mass is 79.9. The molecule has 0 spiro atoms. The van der Waals surface area contributed by atoms with Crippen molar-refractivity contribution in [3.8, 4) is 5.75 Å². The summed E-state index contributed by atoms with van der Waals surface area (Å²) in [6.07, 6.45) is 0. The van der Waals surface area contributed by atoms with Crippen molar-refractivity contribution in [3.05, 3.63) is 101 Å². The van der Waals surface area contributed by atoms with Crippen molar-refractivity contribution >= 4 is 31.8 Å². The van der Waals surface area contributed by atoms with Gasteiger partial charge in [-0.05, 0) is 44.8 Å². The fourth-order valence-corrected chi connectivity index (χ4v) is 3.90. The van der Waals surface area contributed by atoms with E-state index in [1.807, 2.05) is 72.8 Å². The molecule has 3 heteroatoms. The van der Waals surface area contributed by atoms with E-state index in [0.717, 1.165) is 43.6 Å². The molecule has 0 bridgehead atoms. The van der Waals surface area contributed by atoms with Crippen LogP contribution >= 0.6 is 15.9 Å². The maximum absolute atomic E-state index is 12.8. The third-order valence-electron chi connectivity index (χ3n) is 4.45. The highest BCUT2D eigenvalue weighted by Crippen LogP contribution is 2.42. The van der Waals surface area contributed by atoms with Gasteiger partial charge in [-0.25, -0.2) is 0 Å². The van der Waals surface area contributed by atoms with Crippen LogP contribution < -0.4 is 4.74 Å². The second-order valence-corrected chi connectivity index (χ2v) is 6.63. The average molecular weight is 391 g/mol. The molecule has 0 heterocycles. The van der Waals surface area contributed by atoms with Crippen LogP contribution in [0.2, 0.25) is 0 Å². The van der Waals surface area contributed by atoms with E-state index >= 15 is 0 Å². The van der Waals surface area contributed by atoms with Gasteiger partial charge in [-0.1, -0.05) is 60.7 Å². The summed E-state index contributed by atoms with van der Waals surface area (Å²) in [5.41, 5.74) is 5.46. The summed E-state index contributed by atoms with van der Waals surface area (Å²) in [6.45, 7) is 0. The van der Waals surface area contributed by atoms with Gasteiger partial charge in [0.2, 0.25) is 0 Å². The van der Waals surface area contributed by atoms with Gasteiger partial charge < -0.3 is 4.74 Å². The first kappa shape index (κ1) is 15.9. The Bertz CT molecular complexity index is 949. The van der Waals surface area contributed by atoms with Crippen LogP contribution in [-0.4, -0.2) is 12.9 Å². The smallest absolute Gasteiger partial charge is 0.194 e. The second kappa shape index (κ2) is 6.34. The van der Waals surface area contributed by atoms with Gasteiger partial charge >= 0.3 is 0 Å². The largest absolute Gasteiger partial charge is 0.497 e. The van der Waals surface area contributed by atoms with Gasteiger partial charge in [-0.15, -0.1) is 0 Å². The molecule has 0 unspecified atom stereocenters. The maximum atomic E-state index is 12.8. The van der Waals surface area contributed by atoms with Gasteiger partial charge in [-0.3, -0.25) is 4.79 Å². The van der Waals surface area contributed by atoms with Crippen molar-refractivity contribution in [1.29, 1.82) is 0 Å². The first-order valence-electron chi connectivity index (χ1n) is 7.98. The van der Waals surface area contributed by atoms with Crippen LogP contribution in [0.3, 0.4) is 0 Å². The first-order valence-corrected chi connectivity index (χ1v) is 8.77. The molecule has 0 aliphatic heterocycles. The van der Waals surface area contributed by atoms with E-state index in [1.54, 1.807) is 7.11 Å². The summed E-state index contributed by atoms with van der Waals surface area (Å²) < 4.78 is 6.21. The number of fused-ring (bicyclic) bond motifs is 2. The van der Waals surface area contributed by atoms with E-state index < -0.39 is 0 Å². The Morgan fingerprint density at radius 3 is 1.72 bits per heavy atom. The van der Waals surface area contributed by atoms with Crippen molar-refractivity contribution in [1.82, 2.24) is 0 Å². The van der Waals surface area contributed by atoms with Crippen LogP contribution in [0.5, 0.6) is 5.75 Å². The molecule has 122 valence electrons. The number of halogens is 1. The summed E-state index contributed by atoms with van der Waals surface area (Å²) in [7, 11) is 1.65.